The lowest BCUT2D eigenvalue weighted by Gasteiger charge is -2.14. The van der Waals surface area contributed by atoms with Gasteiger partial charge in [0.1, 0.15) is 0 Å². The van der Waals surface area contributed by atoms with Crippen LogP contribution in [0.4, 0.5) is 0 Å². The zero-order valence-electron chi connectivity index (χ0n) is 14.0. The predicted molar refractivity (Wildman–Crippen MR) is 89.7 cm³/mol. The molecule has 0 saturated carbocycles. The highest BCUT2D eigenvalue weighted by atomic mass is 14.1. The van der Waals surface area contributed by atoms with Gasteiger partial charge >= 0.3 is 0 Å². The molecule has 0 amide bonds. The Hall–Kier alpha value is -0.260. The fraction of sp³-hybridized carbons (Fsp3) is 0.895. The van der Waals surface area contributed by atoms with Crippen molar-refractivity contribution in [3.8, 4) is 0 Å². The second-order valence-corrected chi connectivity index (χ2v) is 6.41. The summed E-state index contributed by atoms with van der Waals surface area (Å²) in [5.74, 6) is 0.895. The molecule has 0 N–H and O–H groups in total. The number of hydrogen-bond acceptors (Lipinski definition) is 0. The van der Waals surface area contributed by atoms with E-state index in [0.717, 1.165) is 5.92 Å². The zero-order chi connectivity index (χ0) is 14.3. The maximum absolute atomic E-state index is 4.04. The second kappa shape index (κ2) is 14.2. The molecule has 0 nitrogen and oxygen atoms in total. The van der Waals surface area contributed by atoms with E-state index in [2.05, 4.69) is 27.4 Å². The lowest BCUT2D eigenvalue weighted by atomic mass is 9.92. The van der Waals surface area contributed by atoms with Crippen molar-refractivity contribution in [2.45, 2.75) is 104 Å². The standard InChI is InChI=1S/C19H38/c1-5-7-8-9-10-11-12-13-14-15-16-19(6-2)17-18(3)4/h19H,3,5-17H2,1-2,4H3/t19-/m1/s1. The van der Waals surface area contributed by atoms with Crippen molar-refractivity contribution < 1.29 is 0 Å². The molecule has 0 bridgehead atoms. The smallest absolute Gasteiger partial charge is 0.0297 e. The van der Waals surface area contributed by atoms with Crippen LogP contribution in [0.15, 0.2) is 12.2 Å². The molecule has 0 saturated heterocycles. The summed E-state index contributed by atoms with van der Waals surface area (Å²) in [5, 5.41) is 0. The van der Waals surface area contributed by atoms with Gasteiger partial charge in [-0.25, -0.2) is 0 Å². The normalized spacial score (nSPS) is 12.6. The van der Waals surface area contributed by atoms with Crippen molar-refractivity contribution in [3.05, 3.63) is 12.2 Å². The van der Waals surface area contributed by atoms with Crippen LogP contribution < -0.4 is 0 Å². The monoisotopic (exact) mass is 266 g/mol. The van der Waals surface area contributed by atoms with Crippen LogP contribution in [-0.4, -0.2) is 0 Å². The molecule has 0 heterocycles. The maximum Gasteiger partial charge on any atom is -0.0297 e. The van der Waals surface area contributed by atoms with E-state index in [1.54, 1.807) is 0 Å². The van der Waals surface area contributed by atoms with Crippen molar-refractivity contribution in [2.24, 2.45) is 5.92 Å². The minimum atomic E-state index is 0.895. The van der Waals surface area contributed by atoms with Gasteiger partial charge in [-0.1, -0.05) is 96.5 Å². The number of rotatable bonds is 14. The largest absolute Gasteiger partial charge is 0.100 e. The quantitative estimate of drug-likeness (QED) is 0.229. The van der Waals surface area contributed by atoms with E-state index in [1.165, 1.54) is 89.0 Å². The van der Waals surface area contributed by atoms with Gasteiger partial charge in [0.25, 0.3) is 0 Å². The molecule has 0 unspecified atom stereocenters. The van der Waals surface area contributed by atoms with Gasteiger partial charge in [-0.3, -0.25) is 0 Å². The summed E-state index contributed by atoms with van der Waals surface area (Å²) in [4.78, 5) is 0. The fourth-order valence-electron chi connectivity index (χ4n) is 2.86. The second-order valence-electron chi connectivity index (χ2n) is 6.41. The molecule has 0 spiro atoms. The topological polar surface area (TPSA) is 0 Å². The van der Waals surface area contributed by atoms with Crippen molar-refractivity contribution >= 4 is 0 Å². The Morgan fingerprint density at radius 3 is 1.68 bits per heavy atom. The van der Waals surface area contributed by atoms with Gasteiger partial charge < -0.3 is 0 Å². The molecule has 0 radical (unpaired) electrons. The van der Waals surface area contributed by atoms with E-state index in [-0.39, 0.29) is 0 Å². The van der Waals surface area contributed by atoms with E-state index in [9.17, 15) is 0 Å². The summed E-state index contributed by atoms with van der Waals surface area (Å²) in [6, 6.07) is 0. The summed E-state index contributed by atoms with van der Waals surface area (Å²) in [6.07, 6.45) is 18.4. The third kappa shape index (κ3) is 14.0. The summed E-state index contributed by atoms with van der Waals surface area (Å²) in [5.41, 5.74) is 1.36. The minimum absolute atomic E-state index is 0.895. The van der Waals surface area contributed by atoms with Gasteiger partial charge in [-0.15, -0.1) is 6.58 Å². The molecule has 1 atom stereocenters. The van der Waals surface area contributed by atoms with Gasteiger partial charge in [0.15, 0.2) is 0 Å². The van der Waals surface area contributed by atoms with Crippen LogP contribution in [0.25, 0.3) is 0 Å². The third-order valence-electron chi connectivity index (χ3n) is 4.18. The molecule has 114 valence electrons. The molecule has 19 heavy (non-hydrogen) atoms. The number of allylic oxidation sites excluding steroid dienone is 1. The number of unbranched alkanes of at least 4 members (excludes halogenated alkanes) is 9. The molecule has 0 heteroatoms. The van der Waals surface area contributed by atoms with Gasteiger partial charge in [-0.2, -0.15) is 0 Å². The van der Waals surface area contributed by atoms with Crippen LogP contribution in [0.3, 0.4) is 0 Å². The summed E-state index contributed by atoms with van der Waals surface area (Å²) in [6.45, 7) is 10.8. The molecule has 0 rings (SSSR count). The van der Waals surface area contributed by atoms with Crippen LogP contribution >= 0.6 is 0 Å². The summed E-state index contributed by atoms with van der Waals surface area (Å²) >= 11 is 0. The summed E-state index contributed by atoms with van der Waals surface area (Å²) in [7, 11) is 0. The zero-order valence-corrected chi connectivity index (χ0v) is 14.0. The van der Waals surface area contributed by atoms with E-state index >= 15 is 0 Å². The molecule has 0 aliphatic rings. The minimum Gasteiger partial charge on any atom is -0.100 e. The van der Waals surface area contributed by atoms with E-state index in [0.29, 0.717) is 0 Å². The first kappa shape index (κ1) is 18.7. The third-order valence-corrected chi connectivity index (χ3v) is 4.18. The Balaban J connectivity index is 3.23. The Morgan fingerprint density at radius 2 is 1.26 bits per heavy atom. The van der Waals surface area contributed by atoms with E-state index < -0.39 is 0 Å². The molecular weight excluding hydrogens is 228 g/mol. The van der Waals surface area contributed by atoms with Crippen LogP contribution in [0, 0.1) is 5.92 Å². The lowest BCUT2D eigenvalue weighted by Crippen LogP contribution is -1.99. The Labute approximate surface area is 123 Å². The lowest BCUT2D eigenvalue weighted by molar-refractivity contribution is 0.434. The first-order valence-corrected chi connectivity index (χ1v) is 8.85. The average molecular weight is 267 g/mol. The van der Waals surface area contributed by atoms with Crippen molar-refractivity contribution in [1.82, 2.24) is 0 Å². The molecule has 0 fully saturated rings. The fourth-order valence-corrected chi connectivity index (χ4v) is 2.86. The van der Waals surface area contributed by atoms with Crippen LogP contribution in [0.5, 0.6) is 0 Å². The van der Waals surface area contributed by atoms with Gasteiger partial charge in [0.2, 0.25) is 0 Å². The highest BCUT2D eigenvalue weighted by molar-refractivity contribution is 4.89. The molecular formula is C19H38. The van der Waals surface area contributed by atoms with Crippen LogP contribution in [0.2, 0.25) is 0 Å². The molecule has 0 aromatic rings. The first-order chi connectivity index (χ1) is 9.20. The van der Waals surface area contributed by atoms with Crippen molar-refractivity contribution in [1.29, 1.82) is 0 Å². The highest BCUT2D eigenvalue weighted by Gasteiger charge is 2.05. The Bertz CT molecular complexity index is 192. The number of hydrogen-bond donors (Lipinski definition) is 0. The highest BCUT2D eigenvalue weighted by Crippen LogP contribution is 2.21. The first-order valence-electron chi connectivity index (χ1n) is 8.85. The van der Waals surface area contributed by atoms with Gasteiger partial charge in [0, 0.05) is 0 Å². The van der Waals surface area contributed by atoms with Crippen LogP contribution in [0.1, 0.15) is 104 Å². The molecule has 0 aliphatic carbocycles. The van der Waals surface area contributed by atoms with E-state index in [4.69, 9.17) is 0 Å². The van der Waals surface area contributed by atoms with Gasteiger partial charge in [-0.05, 0) is 19.3 Å². The van der Waals surface area contributed by atoms with E-state index in [1.807, 2.05) is 0 Å². The van der Waals surface area contributed by atoms with Crippen molar-refractivity contribution in [3.63, 3.8) is 0 Å². The van der Waals surface area contributed by atoms with Gasteiger partial charge in [0.05, 0.1) is 0 Å². The average Bonchev–Trinajstić information content (AvgIpc) is 2.39. The molecule has 0 aromatic carbocycles. The van der Waals surface area contributed by atoms with Crippen LogP contribution in [-0.2, 0) is 0 Å². The SMILES string of the molecule is C=C(C)C[C@H](CC)CCCCCCCCCCCC. The Morgan fingerprint density at radius 1 is 0.789 bits per heavy atom. The molecule has 0 aromatic heterocycles. The predicted octanol–water partition coefficient (Wildman–Crippen LogP) is 7.29. The molecule has 0 aliphatic heterocycles. The summed E-state index contributed by atoms with van der Waals surface area (Å²) < 4.78 is 0. The van der Waals surface area contributed by atoms with Crippen molar-refractivity contribution in [2.75, 3.05) is 0 Å². The Kier molecular flexibility index (Phi) is 14.0. The maximum atomic E-state index is 4.04.